The number of H-pyrrole nitrogens is 1. The Labute approximate surface area is 180 Å². The number of nitrogens with zero attached hydrogens (tertiary/aromatic N) is 1. The van der Waals surface area contributed by atoms with Gasteiger partial charge in [-0.05, 0) is 59.9 Å². The van der Waals surface area contributed by atoms with Gasteiger partial charge in [0, 0.05) is 24.2 Å². The van der Waals surface area contributed by atoms with Gasteiger partial charge in [-0.1, -0.05) is 32.9 Å². The normalized spacial score (nSPS) is 16.3. The zero-order chi connectivity index (χ0) is 21.6. The van der Waals surface area contributed by atoms with Crippen LogP contribution in [0.5, 0.6) is 0 Å². The number of fused-ring (bicyclic) bond motifs is 2. The number of pyridine rings is 1. The largest absolute Gasteiger partial charge is 0.391 e. The highest BCUT2D eigenvalue weighted by molar-refractivity contribution is 7.75. The standard InChI is InChI=1S/C23H25N3O3S/c1-23(2,3)15-7-8-16-14(10-15)11-17-19(25-16)18(20(26-17)21(24)27)12-5-4-6-13(9-12)22(28)29-30/h4-6,9,11,15,26,30H,7-8,10H2,1-3H3,(H2,24,27). The second-order valence-corrected chi connectivity index (χ2v) is 9.18. The van der Waals surface area contributed by atoms with Crippen LogP contribution in [0.3, 0.4) is 0 Å². The predicted molar refractivity (Wildman–Crippen MR) is 119 cm³/mol. The maximum absolute atomic E-state index is 12.2. The lowest BCUT2D eigenvalue weighted by atomic mass is 9.71. The summed E-state index contributed by atoms with van der Waals surface area (Å²) < 4.78 is 4.53. The SMILES string of the molecule is CC(C)(C)C1CCc2nc3c(-c4cccc(C(=O)OS)c4)c(C(N)=O)[nH]c3cc2C1. The summed E-state index contributed by atoms with van der Waals surface area (Å²) in [5, 5.41) is 0. The third-order valence-electron chi connectivity index (χ3n) is 6.07. The summed E-state index contributed by atoms with van der Waals surface area (Å²) in [4.78, 5) is 32.2. The quantitative estimate of drug-likeness (QED) is 0.427. The van der Waals surface area contributed by atoms with E-state index in [1.165, 1.54) is 5.56 Å². The first-order valence-electron chi connectivity index (χ1n) is 9.99. The summed E-state index contributed by atoms with van der Waals surface area (Å²) in [7, 11) is 0. The van der Waals surface area contributed by atoms with E-state index in [9.17, 15) is 9.59 Å². The molecule has 0 aliphatic heterocycles. The number of nitrogens with two attached hydrogens (primary N) is 1. The summed E-state index contributed by atoms with van der Waals surface area (Å²) in [6.07, 6.45) is 2.95. The van der Waals surface area contributed by atoms with Crippen LogP contribution >= 0.6 is 12.9 Å². The van der Waals surface area contributed by atoms with Gasteiger partial charge in [0.25, 0.3) is 5.91 Å². The van der Waals surface area contributed by atoms with Crippen LogP contribution in [0, 0.1) is 11.3 Å². The number of amides is 1. The number of nitrogens with one attached hydrogen (secondary N) is 1. The zero-order valence-electron chi connectivity index (χ0n) is 17.3. The topological polar surface area (TPSA) is 98.1 Å². The molecule has 1 amide bonds. The van der Waals surface area contributed by atoms with Gasteiger partial charge in [0.15, 0.2) is 0 Å². The molecule has 156 valence electrons. The van der Waals surface area contributed by atoms with Gasteiger partial charge in [-0.25, -0.2) is 4.79 Å². The molecule has 30 heavy (non-hydrogen) atoms. The molecule has 0 saturated carbocycles. The van der Waals surface area contributed by atoms with Crippen LogP contribution in [0.2, 0.25) is 0 Å². The number of aromatic nitrogens is 2. The molecular weight excluding hydrogens is 398 g/mol. The van der Waals surface area contributed by atoms with Crippen LogP contribution in [0.4, 0.5) is 0 Å². The average Bonchev–Trinajstić information content (AvgIpc) is 3.09. The summed E-state index contributed by atoms with van der Waals surface area (Å²) in [5.41, 5.74) is 11.5. The number of carbonyl (C=O) groups excluding carboxylic acids is 2. The first-order valence-corrected chi connectivity index (χ1v) is 10.4. The number of hydrogen-bond donors (Lipinski definition) is 3. The maximum Gasteiger partial charge on any atom is 0.349 e. The van der Waals surface area contributed by atoms with Crippen LogP contribution in [-0.4, -0.2) is 21.8 Å². The number of rotatable bonds is 3. The zero-order valence-corrected chi connectivity index (χ0v) is 18.2. The first-order chi connectivity index (χ1) is 14.2. The van der Waals surface area contributed by atoms with Crippen LogP contribution in [-0.2, 0) is 17.0 Å². The van der Waals surface area contributed by atoms with E-state index in [1.807, 2.05) is 6.07 Å². The monoisotopic (exact) mass is 423 g/mol. The van der Waals surface area contributed by atoms with Gasteiger partial charge in [0.2, 0.25) is 0 Å². The fourth-order valence-electron chi connectivity index (χ4n) is 4.33. The third kappa shape index (κ3) is 3.58. The Morgan fingerprint density at radius 2 is 2.03 bits per heavy atom. The Bertz CT molecular complexity index is 1160. The van der Waals surface area contributed by atoms with Crippen molar-refractivity contribution in [1.29, 1.82) is 0 Å². The molecule has 0 radical (unpaired) electrons. The Hall–Kier alpha value is -2.80. The average molecular weight is 424 g/mol. The van der Waals surface area contributed by atoms with E-state index in [4.69, 9.17) is 10.7 Å². The third-order valence-corrected chi connectivity index (χ3v) is 6.24. The highest BCUT2D eigenvalue weighted by Gasteiger charge is 2.30. The number of carbonyl (C=O) groups is 2. The Balaban J connectivity index is 1.88. The molecule has 0 fully saturated rings. The minimum absolute atomic E-state index is 0.230. The number of aryl methyl sites for hydroxylation is 1. The van der Waals surface area contributed by atoms with Gasteiger partial charge in [-0.15, -0.1) is 0 Å². The lowest BCUT2D eigenvalue weighted by Crippen LogP contribution is -2.27. The highest BCUT2D eigenvalue weighted by atomic mass is 32.1. The molecule has 0 saturated heterocycles. The Kier molecular flexibility index (Phi) is 5.10. The van der Waals surface area contributed by atoms with Crippen molar-refractivity contribution in [3.8, 4) is 11.1 Å². The molecule has 7 heteroatoms. The molecule has 1 aliphatic carbocycles. The fourth-order valence-corrected chi connectivity index (χ4v) is 4.43. The molecule has 2 heterocycles. The van der Waals surface area contributed by atoms with Gasteiger partial charge in [0.05, 0.1) is 16.6 Å². The number of thiol groups is 1. The van der Waals surface area contributed by atoms with Crippen LogP contribution < -0.4 is 5.73 Å². The van der Waals surface area contributed by atoms with E-state index < -0.39 is 11.9 Å². The van der Waals surface area contributed by atoms with Crippen molar-refractivity contribution in [2.24, 2.45) is 17.1 Å². The summed E-state index contributed by atoms with van der Waals surface area (Å²) in [6, 6.07) is 8.93. The lowest BCUT2D eigenvalue weighted by Gasteiger charge is -2.34. The molecule has 4 rings (SSSR count). The van der Waals surface area contributed by atoms with Gasteiger partial charge < -0.3 is 14.9 Å². The van der Waals surface area contributed by atoms with Gasteiger partial charge in [0.1, 0.15) is 5.69 Å². The van der Waals surface area contributed by atoms with Crippen molar-refractivity contribution < 1.29 is 13.8 Å². The molecule has 2 aromatic heterocycles. The molecule has 1 atom stereocenters. The van der Waals surface area contributed by atoms with Gasteiger partial charge in [-0.3, -0.25) is 9.78 Å². The molecule has 1 aliphatic rings. The maximum atomic E-state index is 12.2. The molecule has 1 unspecified atom stereocenters. The van der Waals surface area contributed by atoms with E-state index in [1.54, 1.807) is 18.2 Å². The van der Waals surface area contributed by atoms with E-state index in [-0.39, 0.29) is 11.1 Å². The molecular formula is C23H25N3O3S. The van der Waals surface area contributed by atoms with E-state index in [0.717, 1.165) is 30.5 Å². The van der Waals surface area contributed by atoms with Crippen molar-refractivity contribution in [3.05, 3.63) is 52.8 Å². The number of aromatic amines is 1. The second-order valence-electron chi connectivity index (χ2n) is 8.99. The second kappa shape index (κ2) is 7.47. The molecule has 0 spiro atoms. The van der Waals surface area contributed by atoms with Crippen LogP contribution in [0.25, 0.3) is 22.2 Å². The molecule has 0 bridgehead atoms. The Morgan fingerprint density at radius 1 is 1.27 bits per heavy atom. The summed E-state index contributed by atoms with van der Waals surface area (Å²) in [5.74, 6) is -0.562. The van der Waals surface area contributed by atoms with Crippen molar-refractivity contribution in [1.82, 2.24) is 9.97 Å². The minimum Gasteiger partial charge on any atom is -0.391 e. The van der Waals surface area contributed by atoms with Gasteiger partial charge >= 0.3 is 5.97 Å². The van der Waals surface area contributed by atoms with Crippen LogP contribution in [0.1, 0.15) is 59.3 Å². The van der Waals surface area contributed by atoms with Crippen molar-refractivity contribution >= 4 is 35.8 Å². The van der Waals surface area contributed by atoms with E-state index >= 15 is 0 Å². The van der Waals surface area contributed by atoms with Crippen molar-refractivity contribution in [2.75, 3.05) is 0 Å². The van der Waals surface area contributed by atoms with Crippen molar-refractivity contribution in [3.63, 3.8) is 0 Å². The molecule has 3 N–H and O–H groups in total. The molecule has 3 aromatic rings. The molecule has 6 nitrogen and oxygen atoms in total. The van der Waals surface area contributed by atoms with Crippen LogP contribution in [0.15, 0.2) is 30.3 Å². The summed E-state index contributed by atoms with van der Waals surface area (Å²) >= 11 is 3.59. The minimum atomic E-state index is -0.573. The highest BCUT2D eigenvalue weighted by Crippen LogP contribution is 2.39. The number of hydrogen-bond acceptors (Lipinski definition) is 5. The fraction of sp³-hybridized carbons (Fsp3) is 0.348. The predicted octanol–water partition coefficient (Wildman–Crippen LogP) is 4.48. The smallest absolute Gasteiger partial charge is 0.349 e. The lowest BCUT2D eigenvalue weighted by molar-refractivity contribution is 0.0772. The molecule has 1 aromatic carbocycles. The Morgan fingerprint density at radius 3 is 2.70 bits per heavy atom. The number of benzene rings is 1. The first kappa shape index (κ1) is 20.5. The number of primary amides is 1. The van der Waals surface area contributed by atoms with Crippen molar-refractivity contribution in [2.45, 2.75) is 40.0 Å². The van der Waals surface area contributed by atoms with E-state index in [2.05, 4.69) is 48.9 Å². The van der Waals surface area contributed by atoms with E-state index in [0.29, 0.717) is 28.1 Å². The summed E-state index contributed by atoms with van der Waals surface area (Å²) in [6.45, 7) is 6.82. The van der Waals surface area contributed by atoms with Gasteiger partial charge in [-0.2, -0.15) is 0 Å².